The summed E-state index contributed by atoms with van der Waals surface area (Å²) in [5.74, 6) is 1.37. The monoisotopic (exact) mass is 413 g/mol. The topological polar surface area (TPSA) is 32.7 Å². The molecule has 164 valence electrons. The van der Waals surface area contributed by atoms with Crippen molar-refractivity contribution in [2.75, 3.05) is 33.9 Å². The lowest BCUT2D eigenvalue weighted by molar-refractivity contribution is 0.0416. The molecule has 0 bridgehead atoms. The van der Waals surface area contributed by atoms with Gasteiger partial charge in [-0.15, -0.1) is 0 Å². The second-order valence-electron chi connectivity index (χ2n) is 9.24. The van der Waals surface area contributed by atoms with Crippen LogP contribution in [0.3, 0.4) is 0 Å². The average Bonchev–Trinajstić information content (AvgIpc) is 2.76. The van der Waals surface area contributed by atoms with Crippen molar-refractivity contribution in [3.63, 3.8) is 0 Å². The van der Waals surface area contributed by atoms with Crippen LogP contribution in [-0.4, -0.2) is 43.9 Å². The van der Waals surface area contributed by atoms with E-state index in [2.05, 4.69) is 37.9 Å². The van der Waals surface area contributed by atoms with Crippen molar-refractivity contribution in [2.45, 2.75) is 45.4 Å². The second-order valence-corrected chi connectivity index (χ2v) is 9.24. The molecule has 30 heavy (non-hydrogen) atoms. The highest BCUT2D eigenvalue weighted by molar-refractivity contribution is 5.36. The SMILES string of the molecule is COc1ccc(CCN(C)CC[C@]2(CO)CCc3cc(F)ccc3[C@H]2C(C)C)cc1. The number of hydrogen-bond acceptors (Lipinski definition) is 3. The summed E-state index contributed by atoms with van der Waals surface area (Å²) in [5, 5.41) is 10.5. The third-order valence-electron chi connectivity index (χ3n) is 6.91. The number of likely N-dealkylation sites (N-methyl/N-ethyl adjacent to an activating group) is 1. The van der Waals surface area contributed by atoms with Crippen molar-refractivity contribution < 1.29 is 14.2 Å². The van der Waals surface area contributed by atoms with E-state index in [9.17, 15) is 9.50 Å². The molecule has 1 aliphatic carbocycles. The number of aryl methyl sites for hydroxylation is 1. The quantitative estimate of drug-likeness (QED) is 0.623. The van der Waals surface area contributed by atoms with E-state index < -0.39 is 0 Å². The molecule has 0 aliphatic heterocycles. The molecule has 0 spiro atoms. The Kier molecular flexibility index (Phi) is 7.54. The van der Waals surface area contributed by atoms with Crippen LogP contribution in [0.25, 0.3) is 0 Å². The van der Waals surface area contributed by atoms with E-state index in [-0.39, 0.29) is 23.8 Å². The first-order valence-corrected chi connectivity index (χ1v) is 11.1. The molecule has 0 unspecified atom stereocenters. The van der Waals surface area contributed by atoms with Crippen LogP contribution in [0.5, 0.6) is 5.75 Å². The van der Waals surface area contributed by atoms with E-state index in [4.69, 9.17) is 4.74 Å². The first-order chi connectivity index (χ1) is 14.4. The Morgan fingerprint density at radius 2 is 1.90 bits per heavy atom. The Morgan fingerprint density at radius 1 is 1.17 bits per heavy atom. The van der Waals surface area contributed by atoms with E-state index in [1.807, 2.05) is 18.2 Å². The smallest absolute Gasteiger partial charge is 0.123 e. The summed E-state index contributed by atoms with van der Waals surface area (Å²) < 4.78 is 19.0. The summed E-state index contributed by atoms with van der Waals surface area (Å²) in [6, 6.07) is 13.5. The molecular weight excluding hydrogens is 377 g/mol. The van der Waals surface area contributed by atoms with E-state index in [1.165, 1.54) is 11.1 Å². The van der Waals surface area contributed by atoms with Crippen molar-refractivity contribution in [3.05, 3.63) is 65.0 Å². The molecule has 2 atom stereocenters. The summed E-state index contributed by atoms with van der Waals surface area (Å²) in [6.45, 7) is 6.54. The predicted octanol–water partition coefficient (Wildman–Crippen LogP) is 5.06. The number of fused-ring (bicyclic) bond motifs is 1. The predicted molar refractivity (Wildman–Crippen MR) is 121 cm³/mol. The van der Waals surface area contributed by atoms with Gasteiger partial charge in [-0.3, -0.25) is 0 Å². The molecule has 0 amide bonds. The Labute approximate surface area is 180 Å². The number of hydrogen-bond donors (Lipinski definition) is 1. The molecule has 1 N–H and O–H groups in total. The zero-order chi connectivity index (χ0) is 21.7. The minimum Gasteiger partial charge on any atom is -0.497 e. The Morgan fingerprint density at radius 3 is 2.53 bits per heavy atom. The molecule has 0 saturated heterocycles. The molecule has 3 rings (SSSR count). The molecule has 0 saturated carbocycles. The maximum absolute atomic E-state index is 13.8. The first-order valence-electron chi connectivity index (χ1n) is 11.1. The summed E-state index contributed by atoms with van der Waals surface area (Å²) in [5.41, 5.74) is 3.50. The number of aliphatic hydroxyl groups is 1. The van der Waals surface area contributed by atoms with Gasteiger partial charge in [0.05, 0.1) is 7.11 Å². The normalized spacial score (nSPS) is 21.1. The standard InChI is InChI=1S/C26H36FNO2/c1-19(2)25-24-10-7-22(27)17-21(24)11-13-26(25,18-29)14-16-28(3)15-12-20-5-8-23(30-4)9-6-20/h5-10,17,19,25,29H,11-16,18H2,1-4H3/t25-,26+/m1/s1. The van der Waals surface area contributed by atoms with Gasteiger partial charge in [0.1, 0.15) is 11.6 Å². The van der Waals surface area contributed by atoms with Gasteiger partial charge in [0.15, 0.2) is 0 Å². The van der Waals surface area contributed by atoms with Crippen LogP contribution >= 0.6 is 0 Å². The molecular formula is C26H36FNO2. The minimum absolute atomic E-state index is 0.145. The minimum atomic E-state index is -0.161. The fourth-order valence-electron chi connectivity index (χ4n) is 5.20. The summed E-state index contributed by atoms with van der Waals surface area (Å²) in [7, 11) is 3.84. The van der Waals surface area contributed by atoms with Crippen LogP contribution in [0.2, 0.25) is 0 Å². The van der Waals surface area contributed by atoms with Crippen molar-refractivity contribution in [1.82, 2.24) is 4.90 Å². The van der Waals surface area contributed by atoms with E-state index >= 15 is 0 Å². The molecule has 3 nitrogen and oxygen atoms in total. The summed E-state index contributed by atoms with van der Waals surface area (Å²) in [6.07, 6.45) is 3.69. The van der Waals surface area contributed by atoms with Crippen molar-refractivity contribution in [1.29, 1.82) is 0 Å². The van der Waals surface area contributed by atoms with Crippen molar-refractivity contribution in [3.8, 4) is 5.75 Å². The van der Waals surface area contributed by atoms with Crippen molar-refractivity contribution in [2.24, 2.45) is 11.3 Å². The molecule has 4 heteroatoms. The number of rotatable bonds is 9. The van der Waals surface area contributed by atoms with Crippen LogP contribution in [0.1, 0.15) is 49.3 Å². The summed E-state index contributed by atoms with van der Waals surface area (Å²) >= 11 is 0. The highest BCUT2D eigenvalue weighted by Crippen LogP contribution is 2.51. The van der Waals surface area contributed by atoms with Crippen LogP contribution in [0.15, 0.2) is 42.5 Å². The fourth-order valence-corrected chi connectivity index (χ4v) is 5.20. The number of halogens is 1. The number of aliphatic hydroxyl groups excluding tert-OH is 1. The second kappa shape index (κ2) is 9.93. The van der Waals surface area contributed by atoms with Gasteiger partial charge in [0.25, 0.3) is 0 Å². The molecule has 0 fully saturated rings. The number of nitrogens with zero attached hydrogens (tertiary/aromatic N) is 1. The lowest BCUT2D eigenvalue weighted by atomic mass is 9.59. The zero-order valence-corrected chi connectivity index (χ0v) is 18.8. The van der Waals surface area contributed by atoms with Crippen molar-refractivity contribution >= 4 is 0 Å². The van der Waals surface area contributed by atoms with Gasteiger partial charge in [0.2, 0.25) is 0 Å². The van der Waals surface area contributed by atoms with Crippen LogP contribution in [-0.2, 0) is 12.8 Å². The highest BCUT2D eigenvalue weighted by atomic mass is 19.1. The molecule has 1 aliphatic rings. The van der Waals surface area contributed by atoms with Gasteiger partial charge in [0, 0.05) is 18.6 Å². The maximum Gasteiger partial charge on any atom is 0.123 e. The Hall–Kier alpha value is -1.91. The van der Waals surface area contributed by atoms with Crippen LogP contribution < -0.4 is 4.74 Å². The van der Waals surface area contributed by atoms with Gasteiger partial charge in [-0.05, 0) is 92.1 Å². The van der Waals surface area contributed by atoms with Gasteiger partial charge in [-0.25, -0.2) is 4.39 Å². The third-order valence-corrected chi connectivity index (χ3v) is 6.91. The molecule has 0 heterocycles. The van der Waals surface area contributed by atoms with E-state index in [0.29, 0.717) is 5.92 Å². The number of methoxy groups -OCH3 is 1. The Balaban J connectivity index is 1.65. The largest absolute Gasteiger partial charge is 0.497 e. The number of benzene rings is 2. The molecule has 0 aromatic heterocycles. The fraction of sp³-hybridized carbons (Fsp3) is 0.538. The maximum atomic E-state index is 13.8. The van der Waals surface area contributed by atoms with E-state index in [1.54, 1.807) is 19.2 Å². The molecule has 0 radical (unpaired) electrons. The van der Waals surface area contributed by atoms with Crippen LogP contribution in [0, 0.1) is 17.2 Å². The lowest BCUT2D eigenvalue weighted by Crippen LogP contribution is -2.42. The van der Waals surface area contributed by atoms with Gasteiger partial charge >= 0.3 is 0 Å². The first kappa shape index (κ1) is 22.8. The van der Waals surface area contributed by atoms with Gasteiger partial charge in [-0.2, -0.15) is 0 Å². The van der Waals surface area contributed by atoms with E-state index in [0.717, 1.165) is 50.1 Å². The van der Waals surface area contributed by atoms with Gasteiger partial charge in [-0.1, -0.05) is 32.0 Å². The zero-order valence-electron chi connectivity index (χ0n) is 18.8. The third kappa shape index (κ3) is 5.04. The summed E-state index contributed by atoms with van der Waals surface area (Å²) in [4.78, 5) is 2.36. The average molecular weight is 414 g/mol. The molecule has 2 aromatic rings. The van der Waals surface area contributed by atoms with Gasteiger partial charge < -0.3 is 14.7 Å². The molecule has 2 aromatic carbocycles. The van der Waals surface area contributed by atoms with Crippen LogP contribution in [0.4, 0.5) is 4.39 Å². The lowest BCUT2D eigenvalue weighted by Gasteiger charge is -2.47. The highest BCUT2D eigenvalue weighted by Gasteiger charge is 2.44. The Bertz CT molecular complexity index is 820. The number of ether oxygens (including phenoxy) is 1.